The second-order valence-corrected chi connectivity index (χ2v) is 17.2. The van der Waals surface area contributed by atoms with Gasteiger partial charge < -0.3 is 14.2 Å². The molecule has 0 radical (unpaired) electrons. The highest BCUT2D eigenvalue weighted by molar-refractivity contribution is 5.91. The molecule has 7 nitrogen and oxygen atoms in total. The van der Waals surface area contributed by atoms with E-state index >= 15 is 0 Å². The van der Waals surface area contributed by atoms with Gasteiger partial charge in [-0.2, -0.15) is 5.26 Å². The Morgan fingerprint density at radius 3 is 2.23 bits per heavy atom. The normalized spacial score (nSPS) is 29.8. The van der Waals surface area contributed by atoms with Crippen LogP contribution in [0.3, 0.4) is 0 Å². The van der Waals surface area contributed by atoms with E-state index in [1.165, 1.54) is 74.8 Å². The molecule has 278 valence electrons. The number of nitriles is 1. The van der Waals surface area contributed by atoms with Gasteiger partial charge in [0.1, 0.15) is 17.6 Å². The first-order chi connectivity index (χ1) is 24.9. The minimum absolute atomic E-state index is 0.0390. The Labute approximate surface area is 310 Å². The van der Waals surface area contributed by atoms with Crippen LogP contribution in [0.5, 0.6) is 11.5 Å². The summed E-state index contributed by atoms with van der Waals surface area (Å²) in [5.74, 6) is 3.89. The fourth-order valence-electron chi connectivity index (χ4n) is 10.8. The molecule has 3 saturated carbocycles. The highest BCUT2D eigenvalue weighted by Crippen LogP contribution is 2.67. The van der Waals surface area contributed by atoms with Gasteiger partial charge in [0.2, 0.25) is 0 Å². The zero-order valence-electron chi connectivity index (χ0n) is 31.8. The maximum Gasteiger partial charge on any atom is 0.343 e. The minimum atomic E-state index is -0.571. The van der Waals surface area contributed by atoms with Gasteiger partial charge in [0.15, 0.2) is 0 Å². The van der Waals surface area contributed by atoms with Crippen molar-refractivity contribution in [2.45, 2.75) is 124 Å². The van der Waals surface area contributed by atoms with Crippen LogP contribution >= 0.6 is 0 Å². The van der Waals surface area contributed by atoms with E-state index in [0.29, 0.717) is 22.6 Å². The Hall–Kier alpha value is -3.92. The number of ether oxygens (including phenoxy) is 3. The summed E-state index contributed by atoms with van der Waals surface area (Å²) in [4.78, 5) is 37.9. The van der Waals surface area contributed by atoms with E-state index in [0.717, 1.165) is 55.3 Å². The van der Waals surface area contributed by atoms with Crippen LogP contribution in [0.4, 0.5) is 0 Å². The van der Waals surface area contributed by atoms with Crippen LogP contribution in [0.15, 0.2) is 60.2 Å². The topological polar surface area (TPSA) is 103 Å². The molecule has 0 aliphatic heterocycles. The molecule has 7 heteroatoms. The molecule has 4 aliphatic carbocycles. The van der Waals surface area contributed by atoms with Gasteiger partial charge in [-0.1, -0.05) is 65.5 Å². The van der Waals surface area contributed by atoms with E-state index in [1.807, 2.05) is 6.07 Å². The SMILES string of the molecule is CC(C)CCCC(C)[C@H]1CCC2C3CC=C4C[C@@H](OC(=O)CCC(=O)Oc5ccc(C(=O)Oc6ccc(C#N)cc6)cc5)CC[C@]4(C)C3CC[C@@]21C. The Kier molecular flexibility index (Phi) is 11.6. The molecule has 0 spiro atoms. The molecule has 4 aliphatic rings. The second-order valence-electron chi connectivity index (χ2n) is 17.2. The number of nitrogens with zero attached hydrogens (tertiary/aromatic N) is 1. The quantitative estimate of drug-likeness (QED) is 0.123. The third-order valence-corrected chi connectivity index (χ3v) is 13.6. The first-order valence-corrected chi connectivity index (χ1v) is 19.8. The zero-order valence-corrected chi connectivity index (χ0v) is 31.8. The highest BCUT2D eigenvalue weighted by Gasteiger charge is 2.59. The Morgan fingerprint density at radius 2 is 1.52 bits per heavy atom. The van der Waals surface area contributed by atoms with Gasteiger partial charge in [-0.25, -0.2) is 4.79 Å². The van der Waals surface area contributed by atoms with E-state index < -0.39 is 11.9 Å². The molecule has 0 heterocycles. The van der Waals surface area contributed by atoms with Crippen molar-refractivity contribution in [3.8, 4) is 17.6 Å². The largest absolute Gasteiger partial charge is 0.462 e. The lowest BCUT2D eigenvalue weighted by Crippen LogP contribution is -2.51. The fourth-order valence-corrected chi connectivity index (χ4v) is 10.8. The molecule has 0 amide bonds. The molecule has 2 aromatic carbocycles. The lowest BCUT2D eigenvalue weighted by atomic mass is 9.47. The van der Waals surface area contributed by atoms with Crippen molar-refractivity contribution in [3.05, 3.63) is 71.3 Å². The lowest BCUT2D eigenvalue weighted by Gasteiger charge is -2.58. The molecule has 2 aromatic rings. The second kappa shape index (κ2) is 16.0. The monoisotopic (exact) mass is 707 g/mol. The first-order valence-electron chi connectivity index (χ1n) is 19.8. The summed E-state index contributed by atoms with van der Waals surface area (Å²) in [6, 6.07) is 14.3. The average Bonchev–Trinajstić information content (AvgIpc) is 3.48. The minimum Gasteiger partial charge on any atom is -0.462 e. The fraction of sp³-hybridized carbons (Fsp3) is 0.600. The molecule has 8 atom stereocenters. The molecule has 0 aromatic heterocycles. The Bertz CT molecular complexity index is 1670. The average molecular weight is 708 g/mol. The third kappa shape index (κ3) is 8.17. The summed E-state index contributed by atoms with van der Waals surface area (Å²) in [5, 5.41) is 8.92. The number of benzene rings is 2. The number of esters is 3. The summed E-state index contributed by atoms with van der Waals surface area (Å²) in [7, 11) is 0. The molecule has 52 heavy (non-hydrogen) atoms. The smallest absolute Gasteiger partial charge is 0.343 e. The number of hydrogen-bond donors (Lipinski definition) is 0. The van der Waals surface area contributed by atoms with E-state index in [4.69, 9.17) is 19.5 Å². The van der Waals surface area contributed by atoms with Crippen molar-refractivity contribution in [3.63, 3.8) is 0 Å². The summed E-state index contributed by atoms with van der Waals surface area (Å²) in [6.07, 6.45) is 15.7. The van der Waals surface area contributed by atoms with Crippen LogP contribution in [-0.4, -0.2) is 24.0 Å². The molecule has 0 N–H and O–H groups in total. The Balaban J connectivity index is 0.955. The third-order valence-electron chi connectivity index (χ3n) is 13.6. The van der Waals surface area contributed by atoms with E-state index in [1.54, 1.807) is 24.3 Å². The van der Waals surface area contributed by atoms with Crippen molar-refractivity contribution in [1.82, 2.24) is 0 Å². The predicted octanol–water partition coefficient (Wildman–Crippen LogP) is 10.4. The molecule has 3 fully saturated rings. The number of allylic oxidation sites excluding steroid dienone is 1. The number of rotatable bonds is 12. The molecule has 4 unspecified atom stereocenters. The molecular formula is C45H57NO6. The van der Waals surface area contributed by atoms with Crippen molar-refractivity contribution in [2.75, 3.05) is 0 Å². The number of carbonyl (C=O) groups excluding carboxylic acids is 3. The van der Waals surface area contributed by atoms with Crippen molar-refractivity contribution in [2.24, 2.45) is 46.3 Å². The molecule has 0 bridgehead atoms. The zero-order chi connectivity index (χ0) is 37.0. The summed E-state index contributed by atoms with van der Waals surface area (Å²) >= 11 is 0. The van der Waals surface area contributed by atoms with Gasteiger partial charge in [-0.3, -0.25) is 9.59 Å². The predicted molar refractivity (Wildman–Crippen MR) is 200 cm³/mol. The van der Waals surface area contributed by atoms with Crippen LogP contribution in [-0.2, 0) is 14.3 Å². The lowest BCUT2D eigenvalue weighted by molar-refractivity contribution is -0.153. The van der Waals surface area contributed by atoms with Gasteiger partial charge in [-0.15, -0.1) is 0 Å². The summed E-state index contributed by atoms with van der Waals surface area (Å²) in [6.45, 7) is 12.4. The van der Waals surface area contributed by atoms with Gasteiger partial charge in [0.25, 0.3) is 0 Å². The van der Waals surface area contributed by atoms with E-state index in [9.17, 15) is 14.4 Å². The molecular weight excluding hydrogens is 650 g/mol. The van der Waals surface area contributed by atoms with Gasteiger partial charge in [0.05, 0.1) is 30.0 Å². The summed E-state index contributed by atoms with van der Waals surface area (Å²) < 4.78 is 16.7. The maximum absolute atomic E-state index is 12.9. The van der Waals surface area contributed by atoms with Gasteiger partial charge >= 0.3 is 17.9 Å². The first kappa shape index (κ1) is 37.8. The molecule has 0 saturated heterocycles. The van der Waals surface area contributed by atoms with Crippen LogP contribution in [0.1, 0.15) is 134 Å². The van der Waals surface area contributed by atoms with Crippen molar-refractivity contribution >= 4 is 17.9 Å². The summed E-state index contributed by atoms with van der Waals surface area (Å²) in [5.41, 5.74) is 2.90. The van der Waals surface area contributed by atoms with Gasteiger partial charge in [0, 0.05) is 6.42 Å². The Morgan fingerprint density at radius 1 is 0.827 bits per heavy atom. The number of fused-ring (bicyclic) bond motifs is 5. The van der Waals surface area contributed by atoms with E-state index in [-0.39, 0.29) is 41.6 Å². The van der Waals surface area contributed by atoms with Crippen LogP contribution in [0.2, 0.25) is 0 Å². The number of carbonyl (C=O) groups is 3. The maximum atomic E-state index is 12.9. The molecule has 6 rings (SSSR count). The van der Waals surface area contributed by atoms with Gasteiger partial charge in [-0.05, 0) is 140 Å². The van der Waals surface area contributed by atoms with Crippen LogP contribution < -0.4 is 9.47 Å². The standard InChI is InChI=1S/C45H57NO6/c1-29(2)7-6-8-30(3)38-19-20-39-37-18-13-33-27-36(23-25-44(33,4)40(37)24-26-45(38,39)5)51-42(48)22-21-41(47)50-34-16-11-32(12-17-34)43(49)52-35-14-9-31(28-46)10-15-35/h9-17,29-30,36-40H,6-8,18-27H2,1-5H3/t30?,36-,37?,38+,39?,40?,44-,45+/m0/s1. The van der Waals surface area contributed by atoms with Crippen LogP contribution in [0, 0.1) is 57.7 Å². The van der Waals surface area contributed by atoms with Crippen molar-refractivity contribution < 1.29 is 28.6 Å². The van der Waals surface area contributed by atoms with E-state index in [2.05, 4.69) is 40.7 Å². The number of hydrogen-bond acceptors (Lipinski definition) is 7. The van der Waals surface area contributed by atoms with Crippen LogP contribution in [0.25, 0.3) is 0 Å². The van der Waals surface area contributed by atoms with Crippen molar-refractivity contribution in [1.29, 1.82) is 5.26 Å². The highest BCUT2D eigenvalue weighted by atomic mass is 16.5.